The summed E-state index contributed by atoms with van der Waals surface area (Å²) in [6, 6.07) is 3.38. The lowest BCUT2D eigenvalue weighted by molar-refractivity contribution is -0.174. The van der Waals surface area contributed by atoms with E-state index in [-0.39, 0.29) is 47.7 Å². The molecule has 45 heavy (non-hydrogen) atoms. The molecule has 3 aliphatic rings. The SMILES string of the molecule is COC(=O)N[C@@H](CCC(N)=O)C(=O)NC[C@]1(O)C2CC1C[C@@H](S(=O)(=O)c1cc(C(=O)Nc3cc(F)c(F)c(F)c3)ccc1Cl)C2. The minimum atomic E-state index is -4.16. The Kier molecular flexibility index (Phi) is 9.99. The Morgan fingerprint density at radius 1 is 1.09 bits per heavy atom. The van der Waals surface area contributed by atoms with Crippen molar-refractivity contribution >= 4 is 50.9 Å². The number of anilines is 1. The number of benzene rings is 2. The van der Waals surface area contributed by atoms with E-state index in [9.17, 15) is 45.9 Å². The zero-order valence-electron chi connectivity index (χ0n) is 23.7. The molecule has 3 atom stereocenters. The predicted octanol–water partition coefficient (Wildman–Crippen LogP) is 2.42. The highest BCUT2D eigenvalue weighted by molar-refractivity contribution is 7.92. The molecule has 17 heteroatoms. The van der Waals surface area contributed by atoms with Crippen LogP contribution in [0.15, 0.2) is 35.2 Å². The number of nitrogens with one attached hydrogen (secondary N) is 3. The van der Waals surface area contributed by atoms with Gasteiger partial charge in [-0.2, -0.15) is 0 Å². The Bertz CT molecular complexity index is 1610. The second-order valence-corrected chi connectivity index (χ2v) is 13.6. The number of fused-ring (bicyclic) bond motifs is 2. The van der Waals surface area contributed by atoms with E-state index >= 15 is 0 Å². The summed E-state index contributed by atoms with van der Waals surface area (Å²) >= 11 is 6.22. The van der Waals surface area contributed by atoms with Gasteiger partial charge in [-0.25, -0.2) is 26.4 Å². The van der Waals surface area contributed by atoms with Crippen molar-refractivity contribution in [2.75, 3.05) is 19.0 Å². The third-order valence-electron chi connectivity index (χ3n) is 8.28. The zero-order chi connectivity index (χ0) is 33.3. The molecule has 2 bridgehead atoms. The lowest BCUT2D eigenvalue weighted by atomic mass is 9.53. The normalized spacial score (nSPS) is 22.8. The topological polar surface area (TPSA) is 194 Å². The van der Waals surface area contributed by atoms with E-state index < -0.39 is 85.5 Å². The van der Waals surface area contributed by atoms with E-state index in [0.29, 0.717) is 18.6 Å². The van der Waals surface area contributed by atoms with E-state index in [4.69, 9.17) is 17.3 Å². The Hall–Kier alpha value is -3.89. The Morgan fingerprint density at radius 3 is 2.29 bits per heavy atom. The van der Waals surface area contributed by atoms with Crippen LogP contribution in [-0.4, -0.2) is 67.9 Å². The molecule has 0 spiro atoms. The fraction of sp³-hybridized carbons (Fsp3) is 0.429. The van der Waals surface area contributed by atoms with Gasteiger partial charge in [0.25, 0.3) is 5.91 Å². The van der Waals surface area contributed by atoms with Crippen LogP contribution in [0, 0.1) is 29.3 Å². The number of sulfone groups is 1. The van der Waals surface area contributed by atoms with E-state index in [0.717, 1.165) is 13.2 Å². The average molecular weight is 675 g/mol. The fourth-order valence-electron chi connectivity index (χ4n) is 5.78. The molecule has 5 rings (SSSR count). The first-order valence-electron chi connectivity index (χ1n) is 13.7. The molecule has 2 aromatic rings. The highest BCUT2D eigenvalue weighted by Crippen LogP contribution is 2.55. The van der Waals surface area contributed by atoms with Gasteiger partial charge in [0.05, 0.1) is 27.9 Å². The van der Waals surface area contributed by atoms with E-state index in [1.165, 1.54) is 12.1 Å². The lowest BCUT2D eigenvalue weighted by Gasteiger charge is -2.58. The molecule has 3 saturated carbocycles. The Morgan fingerprint density at radius 2 is 1.71 bits per heavy atom. The molecule has 6 N–H and O–H groups in total. The number of primary amides is 1. The molecular weight excluding hydrogens is 645 g/mol. The van der Waals surface area contributed by atoms with E-state index in [1.54, 1.807) is 0 Å². The first-order valence-corrected chi connectivity index (χ1v) is 15.6. The predicted molar refractivity (Wildman–Crippen MR) is 153 cm³/mol. The van der Waals surface area contributed by atoms with Gasteiger partial charge in [-0.15, -0.1) is 0 Å². The molecule has 3 fully saturated rings. The fourth-order valence-corrected chi connectivity index (χ4v) is 8.18. The number of halogens is 4. The van der Waals surface area contributed by atoms with E-state index in [2.05, 4.69) is 20.7 Å². The van der Waals surface area contributed by atoms with Crippen LogP contribution in [0.25, 0.3) is 0 Å². The summed E-state index contributed by atoms with van der Waals surface area (Å²) in [5.41, 5.74) is 3.11. The van der Waals surface area contributed by atoms with Gasteiger partial charge >= 0.3 is 6.09 Å². The molecular formula is C28H30ClF3N4O8S. The summed E-state index contributed by atoms with van der Waals surface area (Å²) in [6.07, 6.45) is -0.714. The molecule has 3 aliphatic carbocycles. The molecule has 244 valence electrons. The number of alkyl carbamates (subject to hydrolysis) is 1. The van der Waals surface area contributed by atoms with Gasteiger partial charge in [0.1, 0.15) is 6.04 Å². The lowest BCUT2D eigenvalue weighted by Crippen LogP contribution is -2.67. The minimum absolute atomic E-state index is 0.0115. The van der Waals surface area contributed by atoms with Crippen LogP contribution in [0.1, 0.15) is 42.5 Å². The molecule has 0 saturated heterocycles. The smallest absolute Gasteiger partial charge is 0.407 e. The van der Waals surface area contributed by atoms with Gasteiger partial charge in [-0.1, -0.05) is 11.6 Å². The standard InChI is InChI=1S/C28H30ClF3N4O8S/c1-44-27(40)36-21(4-5-23(33)37)26(39)34-12-28(41)14-7-15(28)9-17(8-14)45(42,43)22-6-13(2-3-18(22)29)25(38)35-16-10-19(30)24(32)20(31)11-16/h2-3,6,10-11,14-15,17,21,41H,4-5,7-9,12H2,1H3,(H2,33,37)(H,34,39)(H,35,38)(H,36,40)/t14?,15?,17-,21-,28-/m0/s1. The third kappa shape index (κ3) is 7.17. The summed E-state index contributed by atoms with van der Waals surface area (Å²) in [5.74, 6) is -8.14. The van der Waals surface area contributed by atoms with Gasteiger partial charge in [-0.05, 0) is 55.7 Å². The monoisotopic (exact) mass is 674 g/mol. The number of rotatable bonds is 11. The second kappa shape index (κ2) is 13.2. The van der Waals surface area contributed by atoms with Crippen molar-refractivity contribution in [1.82, 2.24) is 10.6 Å². The summed E-state index contributed by atoms with van der Waals surface area (Å²) < 4.78 is 72.2. The molecule has 4 amide bonds. The molecule has 0 heterocycles. The van der Waals surface area contributed by atoms with Crippen molar-refractivity contribution in [2.24, 2.45) is 17.6 Å². The molecule has 12 nitrogen and oxygen atoms in total. The highest BCUT2D eigenvalue weighted by atomic mass is 35.5. The second-order valence-electron chi connectivity index (χ2n) is 11.0. The zero-order valence-corrected chi connectivity index (χ0v) is 25.3. The van der Waals surface area contributed by atoms with Crippen molar-refractivity contribution in [3.05, 3.63) is 58.4 Å². The first kappa shape index (κ1) is 34.0. The van der Waals surface area contributed by atoms with Crippen molar-refractivity contribution in [3.8, 4) is 0 Å². The van der Waals surface area contributed by atoms with Crippen molar-refractivity contribution in [1.29, 1.82) is 0 Å². The number of carbonyl (C=O) groups excluding carboxylic acids is 4. The van der Waals surface area contributed by atoms with Crippen LogP contribution < -0.4 is 21.7 Å². The van der Waals surface area contributed by atoms with Crippen molar-refractivity contribution < 1.29 is 50.6 Å². The van der Waals surface area contributed by atoms with Crippen LogP contribution in [0.2, 0.25) is 5.02 Å². The number of hydrogen-bond donors (Lipinski definition) is 5. The van der Waals surface area contributed by atoms with Crippen LogP contribution in [0.5, 0.6) is 0 Å². The molecule has 0 aliphatic heterocycles. The number of nitrogens with two attached hydrogens (primary N) is 1. The van der Waals surface area contributed by atoms with E-state index in [1.807, 2.05) is 0 Å². The number of aliphatic hydroxyl groups is 1. The quantitative estimate of drug-likeness (QED) is 0.224. The maximum atomic E-state index is 13.7. The molecule has 2 aromatic carbocycles. The molecule has 0 radical (unpaired) electrons. The summed E-state index contributed by atoms with van der Waals surface area (Å²) in [4.78, 5) is 48.0. The number of methoxy groups -OCH3 is 1. The Labute approximate surface area is 260 Å². The van der Waals surface area contributed by atoms with Crippen LogP contribution in [-0.2, 0) is 24.2 Å². The van der Waals surface area contributed by atoms with Gasteiger partial charge in [0, 0.05) is 36.3 Å². The van der Waals surface area contributed by atoms with Gasteiger partial charge < -0.3 is 31.5 Å². The maximum absolute atomic E-state index is 13.7. The summed E-state index contributed by atoms with van der Waals surface area (Å²) in [7, 11) is -3.06. The number of hydrogen-bond acceptors (Lipinski definition) is 8. The van der Waals surface area contributed by atoms with Crippen LogP contribution >= 0.6 is 11.6 Å². The van der Waals surface area contributed by atoms with Gasteiger partial charge in [-0.3, -0.25) is 14.4 Å². The van der Waals surface area contributed by atoms with Crippen LogP contribution in [0.4, 0.5) is 23.7 Å². The maximum Gasteiger partial charge on any atom is 0.407 e. The number of ether oxygens (including phenoxy) is 1. The summed E-state index contributed by atoms with van der Waals surface area (Å²) in [5, 5.41) is 17.2. The number of carbonyl (C=O) groups is 4. The van der Waals surface area contributed by atoms with Gasteiger partial charge in [0.2, 0.25) is 11.8 Å². The summed E-state index contributed by atoms with van der Waals surface area (Å²) in [6.45, 7) is -0.245. The van der Waals surface area contributed by atoms with Crippen molar-refractivity contribution in [2.45, 2.75) is 53.9 Å². The highest BCUT2D eigenvalue weighted by Gasteiger charge is 2.60. The van der Waals surface area contributed by atoms with Gasteiger partial charge in [0.15, 0.2) is 27.3 Å². The number of amides is 4. The Balaban J connectivity index is 1.44. The largest absolute Gasteiger partial charge is 0.453 e. The molecule has 0 aromatic heterocycles. The first-order chi connectivity index (χ1) is 21.1. The van der Waals surface area contributed by atoms with Crippen molar-refractivity contribution in [3.63, 3.8) is 0 Å². The van der Waals surface area contributed by atoms with Crippen LogP contribution in [0.3, 0.4) is 0 Å². The minimum Gasteiger partial charge on any atom is -0.453 e. The average Bonchev–Trinajstić information content (AvgIpc) is 3.00. The molecule has 2 unspecified atom stereocenters. The third-order valence-corrected chi connectivity index (χ3v) is 10.9.